The van der Waals surface area contributed by atoms with Crippen LogP contribution in [0.15, 0.2) is 97.3 Å². The van der Waals surface area contributed by atoms with E-state index in [1.807, 2.05) is 54.7 Å². The lowest BCUT2D eigenvalue weighted by Gasteiger charge is -2.12. The van der Waals surface area contributed by atoms with E-state index in [2.05, 4.69) is 22.5 Å². The fraction of sp³-hybridized carbons (Fsp3) is 0.103. The highest BCUT2D eigenvalue weighted by Gasteiger charge is 2.18. The standard InChI is InChI=1S/C29H25FN4O2/c1-33-19-23(16-27(33)29(35)36-2)31-17-22-18-32-34(28(22)25-10-6-7-11-26(25)30)24-14-12-21(13-15-24)20-8-4-3-5-9-20/h3-16,18-19,31H,17H2,1-2H3. The Bertz CT molecular complexity index is 1500. The van der Waals surface area contributed by atoms with Gasteiger partial charge in [-0.3, -0.25) is 0 Å². The number of anilines is 1. The van der Waals surface area contributed by atoms with E-state index in [9.17, 15) is 9.18 Å². The zero-order chi connectivity index (χ0) is 25.1. The summed E-state index contributed by atoms with van der Waals surface area (Å²) in [7, 11) is 3.13. The van der Waals surface area contributed by atoms with E-state index < -0.39 is 5.97 Å². The quantitative estimate of drug-likeness (QED) is 0.287. The second-order valence-corrected chi connectivity index (χ2v) is 8.39. The average Bonchev–Trinajstić information content (AvgIpc) is 3.51. The molecule has 0 saturated carbocycles. The molecule has 0 atom stereocenters. The molecule has 0 fully saturated rings. The van der Waals surface area contributed by atoms with Gasteiger partial charge in [0.05, 0.1) is 30.4 Å². The van der Waals surface area contributed by atoms with Crippen LogP contribution in [0.25, 0.3) is 28.1 Å². The number of rotatable bonds is 7. The molecule has 7 heteroatoms. The maximum absolute atomic E-state index is 14.9. The van der Waals surface area contributed by atoms with Crippen molar-refractivity contribution in [1.82, 2.24) is 14.3 Å². The third kappa shape index (κ3) is 4.51. The number of hydrogen-bond acceptors (Lipinski definition) is 4. The van der Waals surface area contributed by atoms with Crippen molar-refractivity contribution in [2.75, 3.05) is 12.4 Å². The van der Waals surface area contributed by atoms with E-state index in [0.29, 0.717) is 23.5 Å². The van der Waals surface area contributed by atoms with Gasteiger partial charge in [0.25, 0.3) is 0 Å². The van der Waals surface area contributed by atoms with E-state index in [4.69, 9.17) is 4.74 Å². The zero-order valence-electron chi connectivity index (χ0n) is 20.0. The molecule has 0 radical (unpaired) electrons. The Labute approximate surface area is 208 Å². The second kappa shape index (κ2) is 9.92. The molecule has 0 aliphatic carbocycles. The number of aryl methyl sites for hydroxylation is 1. The van der Waals surface area contributed by atoms with Crippen molar-refractivity contribution in [1.29, 1.82) is 0 Å². The smallest absolute Gasteiger partial charge is 0.354 e. The van der Waals surface area contributed by atoms with Gasteiger partial charge < -0.3 is 14.6 Å². The summed E-state index contributed by atoms with van der Waals surface area (Å²) in [5.41, 5.74) is 6.16. The fourth-order valence-electron chi connectivity index (χ4n) is 4.24. The minimum Gasteiger partial charge on any atom is -0.464 e. The molecule has 1 N–H and O–H groups in total. The van der Waals surface area contributed by atoms with Gasteiger partial charge in [0.15, 0.2) is 0 Å². The monoisotopic (exact) mass is 480 g/mol. The molecule has 36 heavy (non-hydrogen) atoms. The molecule has 0 aliphatic rings. The van der Waals surface area contributed by atoms with E-state index in [1.54, 1.807) is 40.7 Å². The molecular weight excluding hydrogens is 455 g/mol. The summed E-state index contributed by atoms with van der Waals surface area (Å²) >= 11 is 0. The third-order valence-corrected chi connectivity index (χ3v) is 6.08. The Morgan fingerprint density at radius 1 is 0.972 bits per heavy atom. The molecule has 0 bridgehead atoms. The van der Waals surface area contributed by atoms with Gasteiger partial charge in [0.1, 0.15) is 11.5 Å². The Hall–Kier alpha value is -4.65. The normalized spacial score (nSPS) is 10.9. The predicted molar refractivity (Wildman–Crippen MR) is 138 cm³/mol. The minimum atomic E-state index is -0.413. The summed E-state index contributed by atoms with van der Waals surface area (Å²) in [6, 6.07) is 26.6. The number of hydrogen-bond donors (Lipinski definition) is 1. The molecule has 180 valence electrons. The van der Waals surface area contributed by atoms with Crippen molar-refractivity contribution >= 4 is 11.7 Å². The number of ether oxygens (including phenoxy) is 1. The molecule has 2 aromatic heterocycles. The van der Waals surface area contributed by atoms with Crippen LogP contribution < -0.4 is 5.32 Å². The summed E-state index contributed by atoms with van der Waals surface area (Å²) in [4.78, 5) is 11.9. The largest absolute Gasteiger partial charge is 0.464 e. The van der Waals surface area contributed by atoms with E-state index >= 15 is 0 Å². The first-order valence-corrected chi connectivity index (χ1v) is 11.5. The SMILES string of the molecule is COC(=O)c1cc(NCc2cnn(-c3ccc(-c4ccccc4)cc3)c2-c2ccccc2F)cn1C. The average molecular weight is 481 g/mol. The zero-order valence-corrected chi connectivity index (χ0v) is 20.0. The first kappa shape index (κ1) is 23.1. The summed E-state index contributed by atoms with van der Waals surface area (Å²) in [5, 5.41) is 7.94. The number of esters is 1. The van der Waals surface area contributed by atoms with Crippen LogP contribution in [0.3, 0.4) is 0 Å². The highest BCUT2D eigenvalue weighted by Crippen LogP contribution is 2.30. The van der Waals surface area contributed by atoms with Crippen LogP contribution in [0, 0.1) is 5.82 Å². The van der Waals surface area contributed by atoms with Crippen LogP contribution in [0.2, 0.25) is 0 Å². The highest BCUT2D eigenvalue weighted by atomic mass is 19.1. The van der Waals surface area contributed by atoms with Crippen molar-refractivity contribution in [3.05, 3.63) is 114 Å². The molecule has 0 saturated heterocycles. The molecule has 6 nitrogen and oxygen atoms in total. The first-order chi connectivity index (χ1) is 17.5. The summed E-state index contributed by atoms with van der Waals surface area (Å²) in [6.07, 6.45) is 3.55. The van der Waals surface area contributed by atoms with Crippen molar-refractivity contribution in [3.8, 4) is 28.1 Å². The predicted octanol–water partition coefficient (Wildman–Crippen LogP) is 6.08. The Morgan fingerprint density at radius 3 is 2.39 bits per heavy atom. The number of aromatic nitrogens is 3. The summed E-state index contributed by atoms with van der Waals surface area (Å²) in [6.45, 7) is 0.385. The van der Waals surface area contributed by atoms with Gasteiger partial charge in [0.2, 0.25) is 0 Å². The molecule has 3 aromatic carbocycles. The van der Waals surface area contributed by atoms with Gasteiger partial charge in [-0.15, -0.1) is 0 Å². The number of carbonyl (C=O) groups is 1. The Balaban J connectivity index is 1.49. The third-order valence-electron chi connectivity index (χ3n) is 6.08. The lowest BCUT2D eigenvalue weighted by Crippen LogP contribution is -2.06. The van der Waals surface area contributed by atoms with Crippen molar-refractivity contribution in [2.45, 2.75) is 6.54 Å². The van der Waals surface area contributed by atoms with Crippen LogP contribution in [0.4, 0.5) is 10.1 Å². The van der Waals surface area contributed by atoms with Crippen LogP contribution in [-0.2, 0) is 18.3 Å². The Morgan fingerprint density at radius 2 is 1.67 bits per heavy atom. The van der Waals surface area contributed by atoms with E-state index in [0.717, 1.165) is 28.1 Å². The van der Waals surface area contributed by atoms with Crippen molar-refractivity contribution in [3.63, 3.8) is 0 Å². The maximum atomic E-state index is 14.9. The van der Waals surface area contributed by atoms with Crippen LogP contribution in [0.5, 0.6) is 0 Å². The number of halogens is 1. The van der Waals surface area contributed by atoms with Gasteiger partial charge in [-0.1, -0.05) is 54.6 Å². The van der Waals surface area contributed by atoms with Crippen LogP contribution in [0.1, 0.15) is 16.1 Å². The number of methoxy groups -OCH3 is 1. The second-order valence-electron chi connectivity index (χ2n) is 8.39. The minimum absolute atomic E-state index is 0.325. The lowest BCUT2D eigenvalue weighted by atomic mass is 10.0. The molecule has 0 spiro atoms. The molecule has 5 rings (SSSR count). The molecule has 0 unspecified atom stereocenters. The molecular formula is C29H25FN4O2. The maximum Gasteiger partial charge on any atom is 0.354 e. The number of nitrogens with zero attached hydrogens (tertiary/aromatic N) is 3. The molecule has 2 heterocycles. The summed E-state index contributed by atoms with van der Waals surface area (Å²) in [5.74, 6) is -0.738. The first-order valence-electron chi connectivity index (χ1n) is 11.5. The topological polar surface area (TPSA) is 61.1 Å². The van der Waals surface area contributed by atoms with Gasteiger partial charge in [-0.2, -0.15) is 5.10 Å². The van der Waals surface area contributed by atoms with Gasteiger partial charge in [-0.25, -0.2) is 13.9 Å². The number of benzene rings is 3. The molecule has 0 aliphatic heterocycles. The van der Waals surface area contributed by atoms with E-state index in [-0.39, 0.29) is 5.82 Å². The van der Waals surface area contributed by atoms with Crippen molar-refractivity contribution in [2.24, 2.45) is 7.05 Å². The van der Waals surface area contributed by atoms with Crippen LogP contribution >= 0.6 is 0 Å². The molecule has 0 amide bonds. The number of carbonyl (C=O) groups excluding carboxylic acids is 1. The fourth-order valence-corrected chi connectivity index (χ4v) is 4.24. The number of nitrogens with one attached hydrogen (secondary N) is 1. The summed E-state index contributed by atoms with van der Waals surface area (Å²) < 4.78 is 23.2. The van der Waals surface area contributed by atoms with Crippen LogP contribution in [-0.4, -0.2) is 27.4 Å². The van der Waals surface area contributed by atoms with Gasteiger partial charge in [-0.05, 0) is 41.5 Å². The highest BCUT2D eigenvalue weighted by molar-refractivity contribution is 5.89. The lowest BCUT2D eigenvalue weighted by molar-refractivity contribution is 0.0590. The van der Waals surface area contributed by atoms with Gasteiger partial charge >= 0.3 is 5.97 Å². The Kier molecular flexibility index (Phi) is 6.36. The van der Waals surface area contributed by atoms with Gasteiger partial charge in [0, 0.05) is 30.9 Å². The molecule has 5 aromatic rings. The van der Waals surface area contributed by atoms with Crippen molar-refractivity contribution < 1.29 is 13.9 Å². The van der Waals surface area contributed by atoms with E-state index in [1.165, 1.54) is 13.2 Å².